The lowest BCUT2D eigenvalue weighted by Crippen LogP contribution is -2.25. The Morgan fingerprint density at radius 2 is 1.89 bits per heavy atom. The number of ether oxygens (including phenoxy) is 1. The number of anilines is 1. The van der Waals surface area contributed by atoms with Gasteiger partial charge in [-0.1, -0.05) is 31.5 Å². The lowest BCUT2D eigenvalue weighted by Gasteiger charge is -2.23. The largest absolute Gasteiger partial charge is 0.496 e. The Bertz CT molecular complexity index is 964. The van der Waals surface area contributed by atoms with Gasteiger partial charge in [0.15, 0.2) is 0 Å². The lowest BCUT2D eigenvalue weighted by atomic mass is 10.1. The van der Waals surface area contributed by atoms with Crippen molar-refractivity contribution < 1.29 is 4.74 Å². The van der Waals surface area contributed by atoms with Crippen molar-refractivity contribution in [3.63, 3.8) is 0 Å². The summed E-state index contributed by atoms with van der Waals surface area (Å²) in [4.78, 5) is 2.45. The third-order valence-electron chi connectivity index (χ3n) is 4.77. The number of hydrogen-bond donors (Lipinski definition) is 0. The van der Waals surface area contributed by atoms with Crippen LogP contribution in [-0.4, -0.2) is 36.1 Å². The second-order valence-electron chi connectivity index (χ2n) is 6.88. The van der Waals surface area contributed by atoms with Crippen molar-refractivity contribution in [3.8, 4) is 17.0 Å². The third kappa shape index (κ3) is 3.83. The highest BCUT2D eigenvalue weighted by Crippen LogP contribution is 2.40. The number of aromatic nitrogens is 2. The van der Waals surface area contributed by atoms with Crippen molar-refractivity contribution in [2.24, 2.45) is 0 Å². The van der Waals surface area contributed by atoms with Gasteiger partial charge in [0.2, 0.25) is 0 Å². The number of fused-ring (bicyclic) bond motifs is 1. The van der Waals surface area contributed by atoms with Gasteiger partial charge in [-0.2, -0.15) is 5.10 Å². The molecular formula is C22H28ClN3OS. The molecule has 0 N–H and O–H groups in total. The predicted octanol–water partition coefficient (Wildman–Crippen LogP) is 6.32. The molecule has 0 unspecified atom stereocenters. The van der Waals surface area contributed by atoms with E-state index in [9.17, 15) is 0 Å². The van der Waals surface area contributed by atoms with Crippen LogP contribution in [0.3, 0.4) is 0 Å². The van der Waals surface area contributed by atoms with Crippen LogP contribution in [0.25, 0.3) is 16.8 Å². The van der Waals surface area contributed by atoms with Gasteiger partial charge in [-0.15, -0.1) is 11.8 Å². The van der Waals surface area contributed by atoms with E-state index in [4.69, 9.17) is 21.4 Å². The molecule has 0 aliphatic rings. The number of aryl methyl sites for hydroxylation is 1. The fourth-order valence-corrected chi connectivity index (χ4v) is 4.61. The summed E-state index contributed by atoms with van der Waals surface area (Å²) in [5.41, 5.74) is 5.19. The summed E-state index contributed by atoms with van der Waals surface area (Å²) in [5.74, 6) is 0.763. The molecule has 150 valence electrons. The van der Waals surface area contributed by atoms with Gasteiger partial charge < -0.3 is 9.64 Å². The molecule has 6 heteroatoms. The number of pyridine rings is 1. The Balaban J connectivity index is 2.29. The van der Waals surface area contributed by atoms with E-state index in [1.807, 2.05) is 23.6 Å². The summed E-state index contributed by atoms with van der Waals surface area (Å²) < 4.78 is 7.67. The minimum absolute atomic E-state index is 0.672. The average Bonchev–Trinajstić information content (AvgIpc) is 3.06. The summed E-state index contributed by atoms with van der Waals surface area (Å²) >= 11 is 8.34. The molecule has 4 nitrogen and oxygen atoms in total. The SMILES string of the molecule is CCCN(CCC)c1c(SC)nn2c(-c3c(Cl)cc(C)cc3OC)cccc12. The van der Waals surface area contributed by atoms with E-state index in [0.717, 1.165) is 59.0 Å². The van der Waals surface area contributed by atoms with Crippen molar-refractivity contribution in [2.75, 3.05) is 31.4 Å². The zero-order chi connectivity index (χ0) is 20.3. The quantitative estimate of drug-likeness (QED) is 0.401. The molecule has 28 heavy (non-hydrogen) atoms. The molecule has 0 saturated heterocycles. The molecule has 2 heterocycles. The van der Waals surface area contributed by atoms with Crippen LogP contribution in [0.15, 0.2) is 35.4 Å². The van der Waals surface area contributed by atoms with Crippen LogP contribution in [0.4, 0.5) is 5.69 Å². The number of nitrogens with zero attached hydrogens (tertiary/aromatic N) is 3. The summed E-state index contributed by atoms with van der Waals surface area (Å²) in [6, 6.07) is 10.3. The molecule has 0 bridgehead atoms. The van der Waals surface area contributed by atoms with E-state index in [0.29, 0.717) is 5.02 Å². The first-order valence-electron chi connectivity index (χ1n) is 9.70. The monoisotopic (exact) mass is 417 g/mol. The second kappa shape index (κ2) is 9.10. The van der Waals surface area contributed by atoms with Gasteiger partial charge in [0.25, 0.3) is 0 Å². The molecule has 0 atom stereocenters. The molecule has 3 aromatic rings. The maximum atomic E-state index is 6.65. The first kappa shape index (κ1) is 20.9. The zero-order valence-electron chi connectivity index (χ0n) is 17.3. The maximum Gasteiger partial charge on any atom is 0.142 e. The predicted molar refractivity (Wildman–Crippen MR) is 122 cm³/mol. The number of hydrogen-bond acceptors (Lipinski definition) is 4. The number of halogens is 1. The van der Waals surface area contributed by atoms with Crippen molar-refractivity contribution in [1.29, 1.82) is 0 Å². The van der Waals surface area contributed by atoms with Crippen LogP contribution in [-0.2, 0) is 0 Å². The zero-order valence-corrected chi connectivity index (χ0v) is 18.8. The first-order valence-corrected chi connectivity index (χ1v) is 11.3. The first-order chi connectivity index (χ1) is 13.5. The molecule has 0 spiro atoms. The van der Waals surface area contributed by atoms with Crippen molar-refractivity contribution in [3.05, 3.63) is 40.9 Å². The Kier molecular flexibility index (Phi) is 6.78. The van der Waals surface area contributed by atoms with E-state index in [2.05, 4.69) is 43.2 Å². The summed E-state index contributed by atoms with van der Waals surface area (Å²) in [7, 11) is 1.68. The number of thioether (sulfide) groups is 1. The van der Waals surface area contributed by atoms with Crippen LogP contribution in [0.2, 0.25) is 5.02 Å². The van der Waals surface area contributed by atoms with Crippen LogP contribution in [0.1, 0.15) is 32.3 Å². The van der Waals surface area contributed by atoms with Gasteiger partial charge >= 0.3 is 0 Å². The summed E-state index contributed by atoms with van der Waals surface area (Å²) in [6.45, 7) is 8.48. The molecule has 2 aromatic heterocycles. The number of methoxy groups -OCH3 is 1. The van der Waals surface area contributed by atoms with Gasteiger partial charge in [-0.05, 0) is 55.9 Å². The Hall–Kier alpha value is -1.85. The Morgan fingerprint density at radius 3 is 2.50 bits per heavy atom. The summed E-state index contributed by atoms with van der Waals surface area (Å²) in [6.07, 6.45) is 4.28. The van der Waals surface area contributed by atoms with E-state index in [-0.39, 0.29) is 0 Å². The lowest BCUT2D eigenvalue weighted by molar-refractivity contribution is 0.416. The van der Waals surface area contributed by atoms with Crippen molar-refractivity contribution in [2.45, 2.75) is 38.6 Å². The van der Waals surface area contributed by atoms with Crippen LogP contribution >= 0.6 is 23.4 Å². The second-order valence-corrected chi connectivity index (χ2v) is 8.08. The van der Waals surface area contributed by atoms with E-state index in [1.165, 1.54) is 5.69 Å². The molecule has 0 aliphatic heterocycles. The van der Waals surface area contributed by atoms with E-state index in [1.54, 1.807) is 18.9 Å². The number of benzene rings is 1. The maximum absolute atomic E-state index is 6.65. The van der Waals surface area contributed by atoms with Crippen molar-refractivity contribution in [1.82, 2.24) is 9.61 Å². The molecule has 3 rings (SSSR count). The highest BCUT2D eigenvalue weighted by molar-refractivity contribution is 7.98. The van der Waals surface area contributed by atoms with Crippen LogP contribution < -0.4 is 9.64 Å². The molecule has 0 radical (unpaired) electrons. The van der Waals surface area contributed by atoms with Crippen molar-refractivity contribution >= 4 is 34.6 Å². The van der Waals surface area contributed by atoms with E-state index < -0.39 is 0 Å². The highest BCUT2D eigenvalue weighted by atomic mass is 35.5. The molecular weight excluding hydrogens is 390 g/mol. The van der Waals surface area contributed by atoms with Crippen LogP contribution in [0.5, 0.6) is 5.75 Å². The minimum atomic E-state index is 0.672. The van der Waals surface area contributed by atoms with E-state index >= 15 is 0 Å². The average molecular weight is 418 g/mol. The van der Waals surface area contributed by atoms with Gasteiger partial charge in [0.05, 0.1) is 34.6 Å². The van der Waals surface area contributed by atoms with Gasteiger partial charge in [0.1, 0.15) is 10.8 Å². The highest BCUT2D eigenvalue weighted by Gasteiger charge is 2.22. The smallest absolute Gasteiger partial charge is 0.142 e. The standard InChI is InChI=1S/C22H28ClN3OS/c1-6-11-25(12-7-2)21-18-10-8-9-17(26(18)24-22(21)28-5)20-16(23)13-15(3)14-19(20)27-4/h8-10,13-14H,6-7,11-12H2,1-5H3. The molecule has 0 saturated carbocycles. The van der Waals surface area contributed by atoms with Gasteiger partial charge in [-0.3, -0.25) is 0 Å². The normalized spacial score (nSPS) is 11.2. The van der Waals surface area contributed by atoms with Crippen LogP contribution in [0, 0.1) is 6.92 Å². The van der Waals surface area contributed by atoms with Gasteiger partial charge in [-0.25, -0.2) is 4.52 Å². The Morgan fingerprint density at radius 1 is 1.18 bits per heavy atom. The molecule has 0 fully saturated rings. The summed E-state index contributed by atoms with van der Waals surface area (Å²) in [5, 5.41) is 6.67. The topological polar surface area (TPSA) is 29.8 Å². The Labute approximate surface area is 176 Å². The molecule has 1 aromatic carbocycles. The third-order valence-corrected chi connectivity index (χ3v) is 5.73. The fraction of sp³-hybridized carbons (Fsp3) is 0.409. The molecule has 0 amide bonds. The molecule has 0 aliphatic carbocycles. The van der Waals surface area contributed by atoms with Gasteiger partial charge in [0, 0.05) is 13.1 Å². The minimum Gasteiger partial charge on any atom is -0.496 e. The fourth-order valence-electron chi connectivity index (χ4n) is 3.66. The number of rotatable bonds is 8.